The number of hydrogen-bond acceptors (Lipinski definition) is 7. The number of aromatic nitrogens is 2. The molecule has 0 saturated carbocycles. The summed E-state index contributed by atoms with van der Waals surface area (Å²) in [7, 11) is 0. The van der Waals surface area contributed by atoms with Crippen LogP contribution in [0.15, 0.2) is 34.7 Å². The van der Waals surface area contributed by atoms with Gasteiger partial charge in [0.25, 0.3) is 0 Å². The molecule has 2 amide bonds. The van der Waals surface area contributed by atoms with E-state index in [4.69, 9.17) is 4.18 Å². The lowest BCUT2D eigenvalue weighted by Gasteiger charge is -2.04. The molecule has 0 unspecified atom stereocenters. The SMILES string of the molecule is CC(=O)OSc1nnc(NC(=O)NCCc2ccccc2)s1. The van der Waals surface area contributed by atoms with E-state index in [0.29, 0.717) is 16.0 Å². The molecule has 116 valence electrons. The molecule has 2 N–H and O–H groups in total. The summed E-state index contributed by atoms with van der Waals surface area (Å²) in [5, 5.41) is 13.2. The summed E-state index contributed by atoms with van der Waals surface area (Å²) in [6.45, 7) is 1.82. The number of carbonyl (C=O) groups excluding carboxylic acids is 2. The summed E-state index contributed by atoms with van der Waals surface area (Å²) in [6, 6.07) is 9.52. The van der Waals surface area contributed by atoms with Crippen molar-refractivity contribution in [2.24, 2.45) is 0 Å². The van der Waals surface area contributed by atoms with Crippen LogP contribution in [0.3, 0.4) is 0 Å². The van der Waals surface area contributed by atoms with Crippen molar-refractivity contribution in [3.8, 4) is 0 Å². The number of anilines is 1. The van der Waals surface area contributed by atoms with Gasteiger partial charge >= 0.3 is 12.0 Å². The van der Waals surface area contributed by atoms with Gasteiger partial charge in [-0.05, 0) is 12.0 Å². The summed E-state index contributed by atoms with van der Waals surface area (Å²) in [6.07, 6.45) is 0.748. The van der Waals surface area contributed by atoms with Crippen molar-refractivity contribution in [2.45, 2.75) is 17.7 Å². The summed E-state index contributed by atoms with van der Waals surface area (Å²) >= 11 is 1.94. The quantitative estimate of drug-likeness (QED) is 0.621. The van der Waals surface area contributed by atoms with E-state index in [1.54, 1.807) is 0 Å². The van der Waals surface area contributed by atoms with Crippen LogP contribution in [0.1, 0.15) is 12.5 Å². The molecule has 0 spiro atoms. The molecular weight excluding hydrogens is 324 g/mol. The number of amides is 2. The lowest BCUT2D eigenvalue weighted by atomic mass is 10.1. The number of nitrogens with zero attached hydrogens (tertiary/aromatic N) is 2. The number of benzene rings is 1. The Morgan fingerprint density at radius 1 is 1.27 bits per heavy atom. The van der Waals surface area contributed by atoms with Crippen LogP contribution in [0.5, 0.6) is 0 Å². The van der Waals surface area contributed by atoms with Crippen molar-refractivity contribution >= 4 is 40.5 Å². The molecule has 0 aliphatic heterocycles. The molecular formula is C13H14N4O3S2. The number of urea groups is 1. The number of hydrogen-bond donors (Lipinski definition) is 2. The number of rotatable bonds is 6. The van der Waals surface area contributed by atoms with E-state index in [-0.39, 0.29) is 6.03 Å². The maximum Gasteiger partial charge on any atom is 0.321 e. The maximum absolute atomic E-state index is 11.7. The Labute approximate surface area is 135 Å². The molecule has 0 radical (unpaired) electrons. The van der Waals surface area contributed by atoms with Crippen molar-refractivity contribution < 1.29 is 13.8 Å². The Morgan fingerprint density at radius 3 is 2.77 bits per heavy atom. The first-order valence-electron chi connectivity index (χ1n) is 6.41. The summed E-state index contributed by atoms with van der Waals surface area (Å²) < 4.78 is 5.16. The molecule has 0 saturated heterocycles. The lowest BCUT2D eigenvalue weighted by molar-refractivity contribution is -0.130. The van der Waals surface area contributed by atoms with Gasteiger partial charge in [0.2, 0.25) is 9.47 Å². The molecule has 0 fully saturated rings. The average molecular weight is 338 g/mol. The van der Waals surface area contributed by atoms with E-state index < -0.39 is 5.97 Å². The van der Waals surface area contributed by atoms with Crippen LogP contribution >= 0.6 is 23.4 Å². The molecule has 0 bridgehead atoms. The van der Waals surface area contributed by atoms with Crippen LogP contribution in [-0.4, -0.2) is 28.7 Å². The van der Waals surface area contributed by atoms with Gasteiger partial charge in [-0.3, -0.25) is 10.1 Å². The molecule has 0 atom stereocenters. The predicted molar refractivity (Wildman–Crippen MR) is 84.7 cm³/mol. The molecule has 1 aromatic carbocycles. The molecule has 2 rings (SSSR count). The zero-order chi connectivity index (χ0) is 15.8. The summed E-state index contributed by atoms with van der Waals surface area (Å²) in [5.74, 6) is -0.423. The van der Waals surface area contributed by atoms with Gasteiger partial charge in [0.1, 0.15) is 12.0 Å². The molecule has 9 heteroatoms. The minimum Gasteiger partial charge on any atom is -0.384 e. The van der Waals surface area contributed by atoms with Gasteiger partial charge in [0.05, 0.1) is 0 Å². The molecule has 1 aromatic heterocycles. The Balaban J connectivity index is 1.71. The second kappa shape index (κ2) is 8.35. The highest BCUT2D eigenvalue weighted by atomic mass is 32.2. The first kappa shape index (κ1) is 16.2. The summed E-state index contributed by atoms with van der Waals surface area (Å²) in [4.78, 5) is 22.4. The van der Waals surface area contributed by atoms with Crippen molar-refractivity contribution in [2.75, 3.05) is 11.9 Å². The molecule has 0 aliphatic carbocycles. The molecule has 7 nitrogen and oxygen atoms in total. The van der Waals surface area contributed by atoms with Gasteiger partial charge in [0.15, 0.2) is 0 Å². The van der Waals surface area contributed by atoms with Crippen molar-refractivity contribution in [3.05, 3.63) is 35.9 Å². The normalized spacial score (nSPS) is 10.0. The van der Waals surface area contributed by atoms with Crippen molar-refractivity contribution in [1.29, 1.82) is 0 Å². The molecule has 0 aliphatic rings. The zero-order valence-corrected chi connectivity index (χ0v) is 13.4. The Kier molecular flexibility index (Phi) is 6.16. The fraction of sp³-hybridized carbons (Fsp3) is 0.231. The monoisotopic (exact) mass is 338 g/mol. The van der Waals surface area contributed by atoms with Gasteiger partial charge in [-0.15, -0.1) is 10.2 Å². The van der Waals surface area contributed by atoms with Gasteiger partial charge < -0.3 is 9.50 Å². The minimum atomic E-state index is -0.423. The summed E-state index contributed by atoms with van der Waals surface area (Å²) in [5.41, 5.74) is 1.15. The van der Waals surface area contributed by atoms with Gasteiger partial charge in [-0.2, -0.15) is 0 Å². The number of nitrogens with one attached hydrogen (secondary N) is 2. The molecule has 2 aromatic rings. The predicted octanol–water partition coefficient (Wildman–Crippen LogP) is 2.47. The number of carbonyl (C=O) groups is 2. The average Bonchev–Trinajstić information content (AvgIpc) is 2.94. The smallest absolute Gasteiger partial charge is 0.321 e. The van der Waals surface area contributed by atoms with Gasteiger partial charge in [-0.25, -0.2) is 4.79 Å². The highest BCUT2D eigenvalue weighted by molar-refractivity contribution is 7.97. The second-order valence-corrected chi connectivity index (χ2v) is 6.10. The first-order chi connectivity index (χ1) is 10.6. The fourth-order valence-corrected chi connectivity index (χ4v) is 2.70. The Morgan fingerprint density at radius 2 is 2.05 bits per heavy atom. The third kappa shape index (κ3) is 5.70. The highest BCUT2D eigenvalue weighted by Gasteiger charge is 2.09. The highest BCUT2D eigenvalue weighted by Crippen LogP contribution is 2.25. The topological polar surface area (TPSA) is 93.2 Å². The van der Waals surface area contributed by atoms with E-state index in [1.807, 2.05) is 30.3 Å². The van der Waals surface area contributed by atoms with Crippen LogP contribution in [0.2, 0.25) is 0 Å². The van der Waals surface area contributed by atoms with Crippen LogP contribution < -0.4 is 10.6 Å². The van der Waals surface area contributed by atoms with E-state index in [0.717, 1.165) is 35.4 Å². The molecule has 1 heterocycles. The van der Waals surface area contributed by atoms with Crippen LogP contribution in [0.25, 0.3) is 0 Å². The lowest BCUT2D eigenvalue weighted by Crippen LogP contribution is -2.30. The standard InChI is InChI=1S/C13H14N4O3S2/c1-9(18)20-22-13-17-16-12(21-13)15-11(19)14-8-7-10-5-3-2-4-6-10/h2-6H,7-8H2,1H3,(H2,14,15,16,19). The van der Waals surface area contributed by atoms with Gasteiger partial charge in [-0.1, -0.05) is 41.7 Å². The van der Waals surface area contributed by atoms with E-state index in [1.165, 1.54) is 6.92 Å². The van der Waals surface area contributed by atoms with Gasteiger partial charge in [0, 0.05) is 13.5 Å². The molecule has 22 heavy (non-hydrogen) atoms. The first-order valence-corrected chi connectivity index (χ1v) is 7.96. The van der Waals surface area contributed by atoms with E-state index >= 15 is 0 Å². The van der Waals surface area contributed by atoms with Crippen LogP contribution in [0, 0.1) is 0 Å². The van der Waals surface area contributed by atoms with Crippen LogP contribution in [-0.2, 0) is 15.4 Å². The van der Waals surface area contributed by atoms with Crippen LogP contribution in [0.4, 0.5) is 9.93 Å². The Hall–Kier alpha value is -2.13. The Bertz CT molecular complexity index is 633. The van der Waals surface area contributed by atoms with Crippen molar-refractivity contribution in [1.82, 2.24) is 15.5 Å². The zero-order valence-electron chi connectivity index (χ0n) is 11.7. The minimum absolute atomic E-state index is 0.340. The van der Waals surface area contributed by atoms with Crippen molar-refractivity contribution in [3.63, 3.8) is 0 Å². The fourth-order valence-electron chi connectivity index (χ4n) is 1.49. The second-order valence-electron chi connectivity index (χ2n) is 4.15. The largest absolute Gasteiger partial charge is 0.384 e. The third-order valence-corrected chi connectivity index (χ3v) is 4.03. The van der Waals surface area contributed by atoms with E-state index in [2.05, 4.69) is 20.8 Å². The van der Waals surface area contributed by atoms with E-state index in [9.17, 15) is 9.59 Å². The third-order valence-electron chi connectivity index (χ3n) is 2.40. The maximum atomic E-state index is 11.7.